The van der Waals surface area contributed by atoms with Crippen LogP contribution in [0.3, 0.4) is 0 Å². The molecule has 1 fully saturated rings. The number of aromatic amines is 1. The Labute approximate surface area is 106 Å². The fourth-order valence-electron chi connectivity index (χ4n) is 2.53. The number of hydrogen-bond donors (Lipinski definition) is 3. The maximum atomic E-state index is 12.1. The van der Waals surface area contributed by atoms with Crippen molar-refractivity contribution >= 4 is 22.5 Å². The summed E-state index contributed by atoms with van der Waals surface area (Å²) in [4.78, 5) is 15.3. The molecule has 1 aromatic carbocycles. The first-order valence-corrected chi connectivity index (χ1v) is 6.33. The van der Waals surface area contributed by atoms with Gasteiger partial charge < -0.3 is 15.6 Å². The highest BCUT2D eigenvalue weighted by Crippen LogP contribution is 2.21. The largest absolute Gasteiger partial charge is 0.361 e. The molecule has 0 unspecified atom stereocenters. The normalized spacial score (nSPS) is 23.4. The molecule has 1 aliphatic heterocycles. The molecular formula is C14H17N3O. The van der Waals surface area contributed by atoms with Crippen LogP contribution in [0.5, 0.6) is 0 Å². The molecule has 2 atom stereocenters. The van der Waals surface area contributed by atoms with E-state index in [1.54, 1.807) is 0 Å². The fourth-order valence-corrected chi connectivity index (χ4v) is 2.53. The number of H-pyrrole nitrogens is 1. The number of carbonyl (C=O) groups is 1. The number of carbonyl (C=O) groups excluding carboxylic acids is 1. The van der Waals surface area contributed by atoms with E-state index in [1.165, 1.54) is 0 Å². The molecular weight excluding hydrogens is 226 g/mol. The molecule has 1 saturated heterocycles. The second-order valence-corrected chi connectivity index (χ2v) is 5.01. The van der Waals surface area contributed by atoms with Crippen molar-refractivity contribution in [3.05, 3.63) is 30.5 Å². The topological polar surface area (TPSA) is 56.9 Å². The van der Waals surface area contributed by atoms with Gasteiger partial charge in [-0.1, -0.05) is 6.92 Å². The number of nitrogens with one attached hydrogen (secondary N) is 3. The van der Waals surface area contributed by atoms with Crippen molar-refractivity contribution in [2.75, 3.05) is 18.4 Å². The van der Waals surface area contributed by atoms with Crippen molar-refractivity contribution in [2.24, 2.45) is 11.8 Å². The Bertz CT molecular complexity index is 575. The number of aromatic nitrogens is 1. The van der Waals surface area contributed by atoms with Gasteiger partial charge >= 0.3 is 0 Å². The Hall–Kier alpha value is -1.81. The third-order valence-corrected chi connectivity index (χ3v) is 3.68. The van der Waals surface area contributed by atoms with Crippen molar-refractivity contribution in [3.8, 4) is 0 Å². The lowest BCUT2D eigenvalue weighted by Gasteiger charge is -2.14. The maximum Gasteiger partial charge on any atom is 0.229 e. The van der Waals surface area contributed by atoms with E-state index in [0.717, 1.165) is 29.7 Å². The molecule has 2 aromatic rings. The zero-order valence-corrected chi connectivity index (χ0v) is 10.4. The van der Waals surface area contributed by atoms with Crippen molar-refractivity contribution < 1.29 is 4.79 Å². The number of hydrogen-bond acceptors (Lipinski definition) is 2. The summed E-state index contributed by atoms with van der Waals surface area (Å²) in [7, 11) is 0. The van der Waals surface area contributed by atoms with E-state index in [4.69, 9.17) is 0 Å². The summed E-state index contributed by atoms with van der Waals surface area (Å²) in [6, 6.07) is 7.92. The van der Waals surface area contributed by atoms with Gasteiger partial charge in [-0.2, -0.15) is 0 Å². The lowest BCUT2D eigenvalue weighted by Crippen LogP contribution is -2.27. The molecule has 0 bridgehead atoms. The molecule has 0 spiro atoms. The molecule has 3 N–H and O–H groups in total. The number of benzene rings is 1. The zero-order valence-electron chi connectivity index (χ0n) is 10.4. The minimum atomic E-state index is 0.0759. The molecule has 1 amide bonds. The van der Waals surface area contributed by atoms with Gasteiger partial charge in [0.05, 0.1) is 5.92 Å². The third kappa shape index (κ3) is 1.99. The molecule has 0 saturated carbocycles. The summed E-state index contributed by atoms with van der Waals surface area (Å²) in [5.41, 5.74) is 1.95. The van der Waals surface area contributed by atoms with Crippen molar-refractivity contribution in [1.29, 1.82) is 0 Å². The Kier molecular flexibility index (Phi) is 2.80. The van der Waals surface area contributed by atoms with E-state index in [1.807, 2.05) is 30.5 Å². The van der Waals surface area contributed by atoms with E-state index in [9.17, 15) is 4.79 Å². The van der Waals surface area contributed by atoms with Crippen LogP contribution in [-0.2, 0) is 4.79 Å². The first-order valence-electron chi connectivity index (χ1n) is 6.33. The monoisotopic (exact) mass is 243 g/mol. The van der Waals surface area contributed by atoms with Crippen molar-refractivity contribution in [2.45, 2.75) is 6.92 Å². The van der Waals surface area contributed by atoms with Gasteiger partial charge in [0.25, 0.3) is 0 Å². The molecule has 0 aliphatic carbocycles. The van der Waals surface area contributed by atoms with Crippen LogP contribution in [0.1, 0.15) is 6.92 Å². The average Bonchev–Trinajstić information content (AvgIpc) is 2.96. The van der Waals surface area contributed by atoms with Crippen LogP contribution in [0, 0.1) is 11.8 Å². The number of anilines is 1. The second-order valence-electron chi connectivity index (χ2n) is 5.01. The Morgan fingerprint density at radius 2 is 2.22 bits per heavy atom. The standard InChI is InChI=1S/C14H17N3O/c1-9-7-15-8-12(9)14(18)17-11-2-3-13-10(6-11)4-5-16-13/h2-6,9,12,15-16H,7-8H2,1H3,(H,17,18)/t9-,12-/m1/s1. The summed E-state index contributed by atoms with van der Waals surface area (Å²) < 4.78 is 0. The molecule has 0 radical (unpaired) electrons. The van der Waals surface area contributed by atoms with Gasteiger partial charge in [0.2, 0.25) is 5.91 Å². The minimum Gasteiger partial charge on any atom is -0.361 e. The second kappa shape index (κ2) is 4.46. The van der Waals surface area contributed by atoms with Crippen LogP contribution in [0.25, 0.3) is 10.9 Å². The molecule has 2 heterocycles. The van der Waals surface area contributed by atoms with Crippen LogP contribution in [-0.4, -0.2) is 24.0 Å². The van der Waals surface area contributed by atoms with Crippen LogP contribution < -0.4 is 10.6 Å². The van der Waals surface area contributed by atoms with Gasteiger partial charge in [-0.05, 0) is 36.7 Å². The smallest absolute Gasteiger partial charge is 0.229 e. The molecule has 3 rings (SSSR count). The van der Waals surface area contributed by atoms with Crippen LogP contribution >= 0.6 is 0 Å². The quantitative estimate of drug-likeness (QED) is 0.755. The summed E-state index contributed by atoms with van der Waals surface area (Å²) in [6.45, 7) is 3.81. The third-order valence-electron chi connectivity index (χ3n) is 3.68. The van der Waals surface area contributed by atoms with Gasteiger partial charge in [0.1, 0.15) is 0 Å². The average molecular weight is 243 g/mol. The Balaban J connectivity index is 1.77. The lowest BCUT2D eigenvalue weighted by molar-refractivity contribution is -0.120. The van der Waals surface area contributed by atoms with Crippen molar-refractivity contribution in [1.82, 2.24) is 10.3 Å². The van der Waals surface area contributed by atoms with Gasteiger partial charge in [-0.25, -0.2) is 0 Å². The predicted molar refractivity (Wildman–Crippen MR) is 72.5 cm³/mol. The van der Waals surface area contributed by atoms with E-state index < -0.39 is 0 Å². The number of amides is 1. The highest BCUT2D eigenvalue weighted by atomic mass is 16.1. The zero-order chi connectivity index (χ0) is 12.5. The molecule has 1 aliphatic rings. The molecule has 4 heteroatoms. The van der Waals surface area contributed by atoms with Crippen LogP contribution in [0.15, 0.2) is 30.5 Å². The summed E-state index contributed by atoms with van der Waals surface area (Å²) in [5, 5.41) is 7.37. The van der Waals surface area contributed by atoms with E-state index >= 15 is 0 Å². The van der Waals surface area contributed by atoms with E-state index in [2.05, 4.69) is 22.5 Å². The van der Waals surface area contributed by atoms with Gasteiger partial charge in [-0.3, -0.25) is 4.79 Å². The van der Waals surface area contributed by atoms with Crippen LogP contribution in [0.2, 0.25) is 0 Å². The maximum absolute atomic E-state index is 12.1. The predicted octanol–water partition coefficient (Wildman–Crippen LogP) is 1.96. The first-order chi connectivity index (χ1) is 8.74. The fraction of sp³-hybridized carbons (Fsp3) is 0.357. The summed E-state index contributed by atoms with van der Waals surface area (Å²) >= 11 is 0. The highest BCUT2D eigenvalue weighted by molar-refractivity contribution is 5.95. The molecule has 18 heavy (non-hydrogen) atoms. The van der Waals surface area contributed by atoms with Gasteiger partial charge in [0, 0.05) is 29.3 Å². The molecule has 94 valence electrons. The number of fused-ring (bicyclic) bond motifs is 1. The summed E-state index contributed by atoms with van der Waals surface area (Å²) in [5.74, 6) is 0.593. The Morgan fingerprint density at radius 3 is 3.00 bits per heavy atom. The SMILES string of the molecule is C[C@@H]1CNC[C@H]1C(=O)Nc1ccc2[nH]ccc2c1. The Morgan fingerprint density at radius 1 is 1.33 bits per heavy atom. The molecule has 1 aromatic heterocycles. The lowest BCUT2D eigenvalue weighted by atomic mass is 9.97. The molecule has 4 nitrogen and oxygen atoms in total. The van der Waals surface area contributed by atoms with E-state index in [-0.39, 0.29) is 11.8 Å². The summed E-state index contributed by atoms with van der Waals surface area (Å²) in [6.07, 6.45) is 1.90. The number of rotatable bonds is 2. The van der Waals surface area contributed by atoms with Crippen LogP contribution in [0.4, 0.5) is 5.69 Å². The van der Waals surface area contributed by atoms with E-state index in [0.29, 0.717) is 5.92 Å². The van der Waals surface area contributed by atoms with Gasteiger partial charge in [0.15, 0.2) is 0 Å². The van der Waals surface area contributed by atoms with Gasteiger partial charge in [-0.15, -0.1) is 0 Å². The minimum absolute atomic E-state index is 0.0759. The first kappa shape index (κ1) is 11.3. The van der Waals surface area contributed by atoms with Crippen molar-refractivity contribution in [3.63, 3.8) is 0 Å². The highest BCUT2D eigenvalue weighted by Gasteiger charge is 2.29.